The van der Waals surface area contributed by atoms with Crippen LogP contribution in [-0.4, -0.2) is 38.0 Å². The third-order valence-electron chi connectivity index (χ3n) is 5.63. The molecule has 0 radical (unpaired) electrons. The zero-order chi connectivity index (χ0) is 23.5. The van der Waals surface area contributed by atoms with Crippen molar-refractivity contribution in [3.8, 4) is 5.00 Å². The number of Topliss-reactive ketones (excluding diaryl/α,β-unsaturated/α-hetero) is 1. The third-order valence-corrected chi connectivity index (χ3v) is 6.89. The van der Waals surface area contributed by atoms with Gasteiger partial charge in [0.2, 0.25) is 6.54 Å². The molecule has 8 nitrogen and oxygen atoms in total. The van der Waals surface area contributed by atoms with E-state index >= 15 is 0 Å². The number of hydrogen-bond donors (Lipinski definition) is 1. The van der Waals surface area contributed by atoms with Crippen molar-refractivity contribution in [2.24, 2.45) is 4.99 Å². The molecule has 9 heteroatoms. The number of aliphatic hydroxyl groups excluding tert-OH is 1. The first-order chi connectivity index (χ1) is 16.0. The molecule has 0 fully saturated rings. The number of thiophene rings is 1. The second kappa shape index (κ2) is 9.45. The largest absolute Gasteiger partial charge is 0.396 e. The van der Waals surface area contributed by atoms with Crippen molar-refractivity contribution in [2.45, 2.75) is 45.7 Å². The van der Waals surface area contributed by atoms with Crippen molar-refractivity contribution >= 4 is 28.5 Å². The molecule has 33 heavy (non-hydrogen) atoms. The van der Waals surface area contributed by atoms with Gasteiger partial charge in [-0.3, -0.25) is 14.4 Å². The van der Waals surface area contributed by atoms with Gasteiger partial charge in [-0.25, -0.2) is 11.4 Å². The van der Waals surface area contributed by atoms with E-state index in [1.54, 1.807) is 12.1 Å². The van der Waals surface area contributed by atoms with Gasteiger partial charge < -0.3 is 9.95 Å². The molecule has 0 unspecified atom stereocenters. The Bertz CT molecular complexity index is 1320. The zero-order valence-electron chi connectivity index (χ0n) is 18.4. The quantitative estimate of drug-likeness (QED) is 0.527. The number of nitrogens with zero attached hydrogens (tertiary/aromatic N) is 6. The highest BCUT2D eigenvalue weighted by Gasteiger charge is 2.33. The summed E-state index contributed by atoms with van der Waals surface area (Å²) in [4.78, 5) is 25.7. The first kappa shape index (κ1) is 22.5. The highest BCUT2D eigenvalue weighted by molar-refractivity contribution is 7.15. The van der Waals surface area contributed by atoms with Crippen LogP contribution in [0, 0.1) is 27.0 Å². The highest BCUT2D eigenvalue weighted by Crippen LogP contribution is 2.40. The topological polar surface area (TPSA) is 89.1 Å². The Morgan fingerprint density at radius 2 is 1.97 bits per heavy atom. The van der Waals surface area contributed by atoms with E-state index in [1.165, 1.54) is 11.3 Å². The normalized spacial score (nSPS) is 14.5. The van der Waals surface area contributed by atoms with Gasteiger partial charge in [-0.2, -0.15) is 0 Å². The number of aromatic nitrogens is 3. The molecule has 166 valence electrons. The van der Waals surface area contributed by atoms with Gasteiger partial charge in [0, 0.05) is 25.0 Å². The standard InChI is InChI=1S/C24H22N6O2S/c1-14-20(13-25-3)33-24-21(14)22(16-7-9-17(26-4)10-8-16)27-19(12-18(32)6-5-11-31)23-29-28-15(2)30(23)24/h7-10,19,31H,5-6,11-13H2,1-2H3/t19-/m0/s1. The average molecular weight is 459 g/mol. The number of carbonyl (C=O) groups is 1. The van der Waals surface area contributed by atoms with Crippen molar-refractivity contribution in [3.05, 3.63) is 80.3 Å². The smallest absolute Gasteiger partial charge is 0.249 e. The summed E-state index contributed by atoms with van der Waals surface area (Å²) in [6.07, 6.45) is 0.851. The van der Waals surface area contributed by atoms with Crippen molar-refractivity contribution < 1.29 is 9.90 Å². The predicted octanol–water partition coefficient (Wildman–Crippen LogP) is 4.54. The fraction of sp³-hybridized carbons (Fsp3) is 0.333. The Hall–Kier alpha value is -3.66. The average Bonchev–Trinajstić information content (AvgIpc) is 3.31. The van der Waals surface area contributed by atoms with Crippen LogP contribution < -0.4 is 0 Å². The summed E-state index contributed by atoms with van der Waals surface area (Å²) in [5.74, 6) is 1.28. The van der Waals surface area contributed by atoms with E-state index in [1.807, 2.05) is 30.5 Å². The minimum absolute atomic E-state index is 0.00313. The Balaban J connectivity index is 1.93. The maximum absolute atomic E-state index is 12.6. The van der Waals surface area contributed by atoms with Gasteiger partial charge in [-0.05, 0) is 31.4 Å². The molecule has 1 N–H and O–H groups in total. The van der Waals surface area contributed by atoms with Crippen LogP contribution in [-0.2, 0) is 11.3 Å². The van der Waals surface area contributed by atoms with Crippen LogP contribution in [0.1, 0.15) is 58.5 Å². The zero-order valence-corrected chi connectivity index (χ0v) is 19.2. The monoisotopic (exact) mass is 458 g/mol. The van der Waals surface area contributed by atoms with Gasteiger partial charge in [-0.1, -0.05) is 24.3 Å². The summed E-state index contributed by atoms with van der Waals surface area (Å²) >= 11 is 1.52. The molecule has 0 aliphatic carbocycles. The molecule has 0 spiro atoms. The van der Waals surface area contributed by atoms with Crippen molar-refractivity contribution in [1.82, 2.24) is 14.8 Å². The van der Waals surface area contributed by atoms with Crippen molar-refractivity contribution in [3.63, 3.8) is 0 Å². The van der Waals surface area contributed by atoms with Gasteiger partial charge in [0.05, 0.1) is 17.2 Å². The lowest BCUT2D eigenvalue weighted by Gasteiger charge is -2.12. The predicted molar refractivity (Wildman–Crippen MR) is 126 cm³/mol. The van der Waals surface area contributed by atoms with Gasteiger partial charge in [0.25, 0.3) is 0 Å². The van der Waals surface area contributed by atoms with Crippen LogP contribution in [0.3, 0.4) is 0 Å². The van der Waals surface area contributed by atoms with E-state index in [0.29, 0.717) is 23.8 Å². The molecule has 3 aromatic rings. The molecular weight excluding hydrogens is 436 g/mol. The lowest BCUT2D eigenvalue weighted by Crippen LogP contribution is -2.11. The Kier molecular flexibility index (Phi) is 6.45. The van der Waals surface area contributed by atoms with Gasteiger partial charge in [-0.15, -0.1) is 21.5 Å². The van der Waals surface area contributed by atoms with Crippen LogP contribution in [0.2, 0.25) is 0 Å². The molecule has 0 amide bonds. The van der Waals surface area contributed by atoms with E-state index < -0.39 is 6.04 Å². The Morgan fingerprint density at radius 3 is 2.64 bits per heavy atom. The molecule has 1 atom stereocenters. The first-order valence-corrected chi connectivity index (χ1v) is 11.4. The number of carbonyl (C=O) groups excluding carboxylic acids is 1. The van der Waals surface area contributed by atoms with E-state index in [4.69, 9.17) is 23.2 Å². The van der Waals surface area contributed by atoms with Gasteiger partial charge in [0.1, 0.15) is 22.7 Å². The second-order valence-electron chi connectivity index (χ2n) is 7.81. The molecule has 2 aromatic heterocycles. The summed E-state index contributed by atoms with van der Waals surface area (Å²) < 4.78 is 1.95. The van der Waals surface area contributed by atoms with Crippen LogP contribution in [0.4, 0.5) is 5.69 Å². The minimum atomic E-state index is -0.531. The first-order valence-electron chi connectivity index (χ1n) is 10.5. The Morgan fingerprint density at radius 1 is 1.21 bits per heavy atom. The second-order valence-corrected chi connectivity index (χ2v) is 8.89. The molecule has 1 aliphatic heterocycles. The summed E-state index contributed by atoms with van der Waals surface area (Å²) in [7, 11) is 0. The minimum Gasteiger partial charge on any atom is -0.396 e. The SMILES string of the molecule is [C-]#[N+]Cc1sc2c(c1C)C(c1ccc([N+]#[C-])cc1)=N[C@@H](CC(=O)CCCO)c1nnc(C)n1-2. The van der Waals surface area contributed by atoms with Crippen molar-refractivity contribution in [2.75, 3.05) is 6.61 Å². The number of aryl methyl sites for hydroxylation is 1. The van der Waals surface area contributed by atoms with E-state index in [2.05, 4.69) is 19.9 Å². The fourth-order valence-electron chi connectivity index (χ4n) is 3.97. The summed E-state index contributed by atoms with van der Waals surface area (Å²) in [6, 6.07) is 6.71. The van der Waals surface area contributed by atoms with E-state index in [0.717, 1.165) is 32.3 Å². The summed E-state index contributed by atoms with van der Waals surface area (Å²) in [5, 5.41) is 18.6. The van der Waals surface area contributed by atoms with Crippen LogP contribution >= 0.6 is 11.3 Å². The number of benzene rings is 1. The molecule has 0 bridgehead atoms. The van der Waals surface area contributed by atoms with E-state index in [-0.39, 0.29) is 31.8 Å². The number of aliphatic imine (C=N–C) groups is 1. The Labute approximate surface area is 195 Å². The molecule has 1 aromatic carbocycles. The molecule has 0 saturated carbocycles. The van der Waals surface area contributed by atoms with Crippen LogP contribution in [0.5, 0.6) is 0 Å². The molecule has 1 aliphatic rings. The molecule has 0 saturated heterocycles. The van der Waals surface area contributed by atoms with Crippen LogP contribution in [0.15, 0.2) is 29.3 Å². The fourth-order valence-corrected chi connectivity index (χ4v) is 5.26. The summed E-state index contributed by atoms with van der Waals surface area (Å²) in [6.45, 7) is 18.7. The van der Waals surface area contributed by atoms with Crippen LogP contribution in [0.25, 0.3) is 14.7 Å². The number of fused-ring (bicyclic) bond motifs is 3. The lowest BCUT2D eigenvalue weighted by molar-refractivity contribution is -0.119. The molecular formula is C24H22N6O2S. The molecule has 3 heterocycles. The maximum atomic E-state index is 12.6. The maximum Gasteiger partial charge on any atom is 0.249 e. The number of ketones is 1. The number of rotatable bonds is 7. The summed E-state index contributed by atoms with van der Waals surface area (Å²) in [5.41, 5.74) is 3.97. The number of hydrogen-bond acceptors (Lipinski definition) is 6. The number of aliphatic hydroxyl groups is 1. The highest BCUT2D eigenvalue weighted by atomic mass is 32.1. The van der Waals surface area contributed by atoms with Gasteiger partial charge in [0.15, 0.2) is 11.5 Å². The lowest BCUT2D eigenvalue weighted by atomic mass is 9.99. The van der Waals surface area contributed by atoms with E-state index in [9.17, 15) is 4.79 Å². The third kappa shape index (κ3) is 4.21. The van der Waals surface area contributed by atoms with Crippen molar-refractivity contribution in [1.29, 1.82) is 0 Å². The van der Waals surface area contributed by atoms with Gasteiger partial charge >= 0.3 is 0 Å². The molecule has 4 rings (SSSR count).